The summed E-state index contributed by atoms with van der Waals surface area (Å²) in [5.41, 5.74) is 1.40. The molecule has 1 fully saturated rings. The molecular weight excluding hydrogens is 383 g/mol. The number of carbonyl (C=O) groups excluding carboxylic acids is 1. The van der Waals surface area contributed by atoms with Crippen LogP contribution in [0.4, 0.5) is 13.2 Å². The Balaban J connectivity index is 1.64. The van der Waals surface area contributed by atoms with E-state index in [0.29, 0.717) is 24.1 Å². The molecule has 2 unspecified atom stereocenters. The average molecular weight is 405 g/mol. The second kappa shape index (κ2) is 7.74. The van der Waals surface area contributed by atoms with Crippen LogP contribution >= 0.6 is 0 Å². The second-order valence-electron chi connectivity index (χ2n) is 7.83. The third-order valence-electron chi connectivity index (χ3n) is 5.50. The molecule has 1 aliphatic heterocycles. The van der Waals surface area contributed by atoms with Crippen molar-refractivity contribution >= 4 is 5.97 Å². The van der Waals surface area contributed by atoms with Crippen molar-refractivity contribution in [1.29, 1.82) is 0 Å². The maximum atomic E-state index is 13.1. The molecule has 4 rings (SSSR count). The standard InChI is InChI=1S/C21H22F3N3O2/c1-12-8-18-15(19(9-12)29-20(28)16-6-3-7-25-16)11-17(26-27-18)13-4-2-5-14(10-13)21(22,23)24/h2,4-5,10-12,16,19,25H,3,6-9H2,1H3/t12?,16-,19?/m0/s1. The van der Waals surface area contributed by atoms with Crippen molar-refractivity contribution in [2.45, 2.75) is 50.9 Å². The lowest BCUT2D eigenvalue weighted by molar-refractivity contribution is -0.153. The molecule has 5 nitrogen and oxygen atoms in total. The highest BCUT2D eigenvalue weighted by atomic mass is 19.4. The first-order valence-corrected chi connectivity index (χ1v) is 9.79. The summed E-state index contributed by atoms with van der Waals surface area (Å²) in [7, 11) is 0. The van der Waals surface area contributed by atoms with Gasteiger partial charge in [0.2, 0.25) is 0 Å². The van der Waals surface area contributed by atoms with Gasteiger partial charge >= 0.3 is 12.1 Å². The van der Waals surface area contributed by atoms with Crippen molar-refractivity contribution in [2.75, 3.05) is 6.54 Å². The highest BCUT2D eigenvalue weighted by Crippen LogP contribution is 2.37. The topological polar surface area (TPSA) is 64.1 Å². The van der Waals surface area contributed by atoms with Crippen LogP contribution in [0.5, 0.6) is 0 Å². The molecule has 0 bridgehead atoms. The molecule has 2 aromatic rings. The summed E-state index contributed by atoms with van der Waals surface area (Å²) in [6.07, 6.45) is -1.87. The van der Waals surface area contributed by atoms with Crippen molar-refractivity contribution in [3.8, 4) is 11.3 Å². The fourth-order valence-corrected chi connectivity index (χ4v) is 3.99. The van der Waals surface area contributed by atoms with Crippen LogP contribution < -0.4 is 5.32 Å². The van der Waals surface area contributed by atoms with E-state index in [2.05, 4.69) is 22.4 Å². The predicted molar refractivity (Wildman–Crippen MR) is 99.8 cm³/mol. The van der Waals surface area contributed by atoms with E-state index in [1.807, 2.05) is 0 Å². The first kappa shape index (κ1) is 19.8. The summed E-state index contributed by atoms with van der Waals surface area (Å²) in [5, 5.41) is 11.5. The SMILES string of the molecule is CC1Cc2nnc(-c3cccc(C(F)(F)F)c3)cc2C(OC(=O)[C@@H]2CCCN2)C1. The van der Waals surface area contributed by atoms with Crippen LogP contribution in [-0.2, 0) is 22.1 Å². The van der Waals surface area contributed by atoms with Crippen molar-refractivity contribution < 1.29 is 22.7 Å². The maximum Gasteiger partial charge on any atom is 0.416 e. The molecule has 1 saturated heterocycles. The van der Waals surface area contributed by atoms with Crippen molar-refractivity contribution in [3.63, 3.8) is 0 Å². The van der Waals surface area contributed by atoms with Crippen LogP contribution in [0.2, 0.25) is 0 Å². The smallest absolute Gasteiger partial charge is 0.416 e. The number of nitrogens with one attached hydrogen (secondary N) is 1. The van der Waals surface area contributed by atoms with Gasteiger partial charge < -0.3 is 10.1 Å². The number of carbonyl (C=O) groups is 1. The van der Waals surface area contributed by atoms with Gasteiger partial charge in [0.05, 0.1) is 17.0 Å². The minimum absolute atomic E-state index is 0.269. The van der Waals surface area contributed by atoms with Crippen LogP contribution in [-0.4, -0.2) is 28.8 Å². The molecule has 1 aromatic carbocycles. The van der Waals surface area contributed by atoms with Crippen LogP contribution in [0, 0.1) is 5.92 Å². The van der Waals surface area contributed by atoms with Gasteiger partial charge in [-0.2, -0.15) is 23.4 Å². The Hall–Kier alpha value is -2.48. The molecule has 3 atom stereocenters. The van der Waals surface area contributed by atoms with Crippen molar-refractivity contribution in [2.24, 2.45) is 5.92 Å². The van der Waals surface area contributed by atoms with Gasteiger partial charge in [-0.05, 0) is 56.3 Å². The zero-order valence-corrected chi connectivity index (χ0v) is 16.0. The number of nitrogens with zero attached hydrogens (tertiary/aromatic N) is 2. The van der Waals surface area contributed by atoms with Crippen molar-refractivity contribution in [1.82, 2.24) is 15.5 Å². The van der Waals surface area contributed by atoms with E-state index in [0.717, 1.165) is 42.8 Å². The van der Waals surface area contributed by atoms with Crippen LogP contribution in [0.1, 0.15) is 49.1 Å². The lowest BCUT2D eigenvalue weighted by atomic mass is 9.85. The molecular formula is C21H22F3N3O2. The molecule has 1 aliphatic carbocycles. The quantitative estimate of drug-likeness (QED) is 0.780. The third kappa shape index (κ3) is 4.27. The van der Waals surface area contributed by atoms with E-state index >= 15 is 0 Å². The Morgan fingerprint density at radius 3 is 2.79 bits per heavy atom. The zero-order valence-electron chi connectivity index (χ0n) is 16.0. The first-order valence-electron chi connectivity index (χ1n) is 9.79. The van der Waals surface area contributed by atoms with Crippen molar-refractivity contribution in [3.05, 3.63) is 47.2 Å². The highest BCUT2D eigenvalue weighted by molar-refractivity contribution is 5.76. The van der Waals surface area contributed by atoms with Gasteiger partial charge in [0.1, 0.15) is 12.1 Å². The number of esters is 1. The molecule has 8 heteroatoms. The number of alkyl halides is 3. The Morgan fingerprint density at radius 1 is 1.24 bits per heavy atom. The van der Waals surface area contributed by atoms with Gasteiger partial charge in [-0.25, -0.2) is 0 Å². The van der Waals surface area contributed by atoms with Crippen LogP contribution in [0.3, 0.4) is 0 Å². The third-order valence-corrected chi connectivity index (χ3v) is 5.50. The molecule has 1 aromatic heterocycles. The van der Waals surface area contributed by atoms with E-state index in [1.54, 1.807) is 12.1 Å². The van der Waals surface area contributed by atoms with E-state index in [9.17, 15) is 18.0 Å². The van der Waals surface area contributed by atoms with Gasteiger partial charge in [-0.3, -0.25) is 4.79 Å². The number of rotatable bonds is 3. The molecule has 2 aliphatic rings. The van der Waals surface area contributed by atoms with Gasteiger partial charge in [-0.15, -0.1) is 0 Å². The molecule has 2 heterocycles. The van der Waals surface area contributed by atoms with Gasteiger partial charge in [0, 0.05) is 11.1 Å². The molecule has 0 spiro atoms. The monoisotopic (exact) mass is 405 g/mol. The lowest BCUT2D eigenvalue weighted by Gasteiger charge is -2.29. The normalized spacial score (nSPS) is 24.2. The number of fused-ring (bicyclic) bond motifs is 1. The molecule has 0 amide bonds. The average Bonchev–Trinajstić information content (AvgIpc) is 3.22. The summed E-state index contributed by atoms with van der Waals surface area (Å²) in [6.45, 7) is 2.85. The van der Waals surface area contributed by atoms with Gasteiger partial charge in [0.15, 0.2) is 0 Å². The lowest BCUT2D eigenvalue weighted by Crippen LogP contribution is -2.34. The maximum absolute atomic E-state index is 13.1. The number of ether oxygens (including phenoxy) is 1. The zero-order chi connectivity index (χ0) is 20.6. The Morgan fingerprint density at radius 2 is 2.07 bits per heavy atom. The summed E-state index contributed by atoms with van der Waals surface area (Å²) < 4.78 is 45.0. The minimum Gasteiger partial charge on any atom is -0.456 e. The second-order valence-corrected chi connectivity index (χ2v) is 7.83. The number of benzene rings is 1. The summed E-state index contributed by atoms with van der Waals surface area (Å²) in [5.74, 6) is -0.0180. The summed E-state index contributed by atoms with van der Waals surface area (Å²) in [6, 6.07) is 6.42. The highest BCUT2D eigenvalue weighted by Gasteiger charge is 2.33. The molecule has 0 radical (unpaired) electrons. The molecule has 29 heavy (non-hydrogen) atoms. The number of aromatic nitrogens is 2. The molecule has 154 valence electrons. The summed E-state index contributed by atoms with van der Waals surface area (Å²) in [4.78, 5) is 12.5. The minimum atomic E-state index is -4.43. The number of halogens is 3. The van der Waals surface area contributed by atoms with E-state index in [-0.39, 0.29) is 17.9 Å². The van der Waals surface area contributed by atoms with Gasteiger partial charge in [-0.1, -0.05) is 19.1 Å². The van der Waals surface area contributed by atoms with Gasteiger partial charge in [0.25, 0.3) is 0 Å². The largest absolute Gasteiger partial charge is 0.456 e. The number of hydrogen-bond acceptors (Lipinski definition) is 5. The Kier molecular flexibility index (Phi) is 5.29. The van der Waals surface area contributed by atoms with Crippen LogP contribution in [0.15, 0.2) is 30.3 Å². The predicted octanol–water partition coefficient (Wildman–Crippen LogP) is 4.08. The number of hydrogen-bond donors (Lipinski definition) is 1. The Bertz CT molecular complexity index is 910. The molecule has 0 saturated carbocycles. The summed E-state index contributed by atoms with van der Waals surface area (Å²) >= 11 is 0. The fraction of sp³-hybridized carbons (Fsp3) is 0.476. The van der Waals surface area contributed by atoms with E-state index in [4.69, 9.17) is 4.74 Å². The first-order chi connectivity index (χ1) is 13.8. The van der Waals surface area contributed by atoms with E-state index < -0.39 is 17.8 Å². The van der Waals surface area contributed by atoms with E-state index in [1.165, 1.54) is 6.07 Å². The molecule has 1 N–H and O–H groups in total. The van der Waals surface area contributed by atoms with Crippen LogP contribution in [0.25, 0.3) is 11.3 Å². The Labute approximate surface area is 166 Å². The fourth-order valence-electron chi connectivity index (χ4n) is 3.99.